The van der Waals surface area contributed by atoms with E-state index in [1.54, 1.807) is 0 Å². The van der Waals surface area contributed by atoms with Crippen LogP contribution in [0.2, 0.25) is 0 Å². The summed E-state index contributed by atoms with van der Waals surface area (Å²) in [6.07, 6.45) is 0.835. The second-order valence-electron chi connectivity index (χ2n) is 4.06. The van der Waals surface area contributed by atoms with Crippen LogP contribution in [0, 0.1) is 6.92 Å². The Bertz CT molecular complexity index is 494. The summed E-state index contributed by atoms with van der Waals surface area (Å²) in [7, 11) is 0. The first-order valence-electron chi connectivity index (χ1n) is 5.82. The van der Waals surface area contributed by atoms with Crippen molar-refractivity contribution >= 4 is 0 Å². The van der Waals surface area contributed by atoms with Gasteiger partial charge in [0.1, 0.15) is 11.5 Å². The number of ether oxygens (including phenoxy) is 1. The molecule has 0 saturated heterocycles. The van der Waals surface area contributed by atoms with Crippen LogP contribution >= 0.6 is 0 Å². The number of rotatable bonds is 4. The summed E-state index contributed by atoms with van der Waals surface area (Å²) in [5.74, 6) is 1.76. The average molecular weight is 227 g/mol. The molecule has 2 heteroatoms. The summed E-state index contributed by atoms with van der Waals surface area (Å²) < 4.78 is 5.89. The van der Waals surface area contributed by atoms with Gasteiger partial charge in [0.25, 0.3) is 0 Å². The van der Waals surface area contributed by atoms with Crippen LogP contribution in [0.5, 0.6) is 11.5 Å². The Kier molecular flexibility index (Phi) is 3.78. The minimum Gasteiger partial charge on any atom is -0.457 e. The van der Waals surface area contributed by atoms with E-state index >= 15 is 0 Å². The molecular formula is C15H17NO. The van der Waals surface area contributed by atoms with E-state index in [0.29, 0.717) is 6.54 Å². The summed E-state index contributed by atoms with van der Waals surface area (Å²) in [5.41, 5.74) is 7.93. The summed E-state index contributed by atoms with van der Waals surface area (Å²) in [4.78, 5) is 0. The van der Waals surface area contributed by atoms with Crippen LogP contribution in [-0.2, 0) is 6.42 Å². The molecule has 2 rings (SSSR count). The van der Waals surface area contributed by atoms with Crippen molar-refractivity contribution in [2.24, 2.45) is 5.73 Å². The first kappa shape index (κ1) is 11.7. The van der Waals surface area contributed by atoms with Crippen molar-refractivity contribution in [3.63, 3.8) is 0 Å². The van der Waals surface area contributed by atoms with Gasteiger partial charge in [-0.3, -0.25) is 0 Å². The second kappa shape index (κ2) is 5.51. The molecule has 2 N–H and O–H groups in total. The molecule has 2 nitrogen and oxygen atoms in total. The Labute approximate surface area is 102 Å². The highest BCUT2D eigenvalue weighted by Gasteiger charge is 2.03. The molecule has 88 valence electrons. The molecule has 0 heterocycles. The lowest BCUT2D eigenvalue weighted by atomic mass is 10.1. The van der Waals surface area contributed by atoms with Crippen LogP contribution in [0.4, 0.5) is 0 Å². The van der Waals surface area contributed by atoms with Crippen LogP contribution in [0.25, 0.3) is 0 Å². The fraction of sp³-hybridized carbons (Fsp3) is 0.200. The molecule has 0 saturated carbocycles. The lowest BCUT2D eigenvalue weighted by Crippen LogP contribution is -2.03. The normalized spacial score (nSPS) is 10.2. The standard InChI is InChI=1S/C15H17NO/c1-12-5-4-7-14(11-12)17-15-8-3-2-6-13(15)9-10-16/h2-8,11H,9-10,16H2,1H3. The van der Waals surface area contributed by atoms with Crippen LogP contribution in [0.15, 0.2) is 48.5 Å². The van der Waals surface area contributed by atoms with Gasteiger partial charge in [-0.25, -0.2) is 0 Å². The van der Waals surface area contributed by atoms with Crippen molar-refractivity contribution in [1.29, 1.82) is 0 Å². The Hall–Kier alpha value is -1.80. The molecule has 0 atom stereocenters. The third-order valence-corrected chi connectivity index (χ3v) is 2.60. The number of nitrogens with two attached hydrogens (primary N) is 1. The van der Waals surface area contributed by atoms with Gasteiger partial charge in [0.2, 0.25) is 0 Å². The molecule has 2 aromatic carbocycles. The Morgan fingerprint density at radius 2 is 1.88 bits per heavy atom. The number of hydrogen-bond donors (Lipinski definition) is 1. The first-order chi connectivity index (χ1) is 8.29. The maximum absolute atomic E-state index is 5.89. The molecule has 2 aromatic rings. The predicted octanol–water partition coefficient (Wildman–Crippen LogP) is 3.29. The van der Waals surface area contributed by atoms with E-state index in [1.807, 2.05) is 36.4 Å². The Morgan fingerprint density at radius 3 is 2.65 bits per heavy atom. The lowest BCUT2D eigenvalue weighted by Gasteiger charge is -2.10. The molecule has 0 aliphatic heterocycles. The molecule has 0 amide bonds. The highest BCUT2D eigenvalue weighted by Crippen LogP contribution is 2.25. The first-order valence-corrected chi connectivity index (χ1v) is 5.82. The Balaban J connectivity index is 2.23. The van der Waals surface area contributed by atoms with E-state index in [1.165, 1.54) is 5.56 Å². The van der Waals surface area contributed by atoms with Gasteiger partial charge in [-0.05, 0) is 49.2 Å². The highest BCUT2D eigenvalue weighted by molar-refractivity contribution is 5.38. The largest absolute Gasteiger partial charge is 0.457 e. The Morgan fingerprint density at radius 1 is 1.06 bits per heavy atom. The second-order valence-corrected chi connectivity index (χ2v) is 4.06. The van der Waals surface area contributed by atoms with E-state index < -0.39 is 0 Å². The van der Waals surface area contributed by atoms with Crippen molar-refractivity contribution in [3.05, 3.63) is 59.7 Å². The minimum atomic E-state index is 0.633. The topological polar surface area (TPSA) is 35.2 Å². The molecule has 0 radical (unpaired) electrons. The summed E-state index contributed by atoms with van der Waals surface area (Å²) >= 11 is 0. The number of para-hydroxylation sites is 1. The predicted molar refractivity (Wildman–Crippen MR) is 70.5 cm³/mol. The third-order valence-electron chi connectivity index (χ3n) is 2.60. The molecular weight excluding hydrogens is 210 g/mol. The summed E-state index contributed by atoms with van der Waals surface area (Å²) in [6.45, 7) is 2.69. The van der Waals surface area contributed by atoms with E-state index in [9.17, 15) is 0 Å². The van der Waals surface area contributed by atoms with Crippen molar-refractivity contribution in [3.8, 4) is 11.5 Å². The van der Waals surface area contributed by atoms with Crippen molar-refractivity contribution in [2.45, 2.75) is 13.3 Å². The molecule has 0 aliphatic rings. The maximum atomic E-state index is 5.89. The highest BCUT2D eigenvalue weighted by atomic mass is 16.5. The zero-order chi connectivity index (χ0) is 12.1. The fourth-order valence-electron chi connectivity index (χ4n) is 1.77. The number of aryl methyl sites for hydroxylation is 1. The molecule has 0 fully saturated rings. The molecule has 0 spiro atoms. The smallest absolute Gasteiger partial charge is 0.130 e. The molecule has 17 heavy (non-hydrogen) atoms. The van der Waals surface area contributed by atoms with Gasteiger partial charge in [0.15, 0.2) is 0 Å². The van der Waals surface area contributed by atoms with Gasteiger partial charge >= 0.3 is 0 Å². The molecule has 0 bridgehead atoms. The van der Waals surface area contributed by atoms with Gasteiger partial charge < -0.3 is 10.5 Å². The molecule has 0 aliphatic carbocycles. The van der Waals surface area contributed by atoms with Gasteiger partial charge in [0, 0.05) is 0 Å². The maximum Gasteiger partial charge on any atom is 0.130 e. The third kappa shape index (κ3) is 3.08. The number of hydrogen-bond acceptors (Lipinski definition) is 2. The zero-order valence-corrected chi connectivity index (χ0v) is 10.0. The van der Waals surface area contributed by atoms with Crippen LogP contribution in [0.1, 0.15) is 11.1 Å². The monoisotopic (exact) mass is 227 g/mol. The van der Waals surface area contributed by atoms with Crippen molar-refractivity contribution < 1.29 is 4.74 Å². The average Bonchev–Trinajstić information content (AvgIpc) is 2.32. The van der Waals surface area contributed by atoms with E-state index in [0.717, 1.165) is 23.5 Å². The summed E-state index contributed by atoms with van der Waals surface area (Å²) in [6, 6.07) is 16.1. The van der Waals surface area contributed by atoms with Gasteiger partial charge in [-0.2, -0.15) is 0 Å². The van der Waals surface area contributed by atoms with Crippen molar-refractivity contribution in [2.75, 3.05) is 6.54 Å². The van der Waals surface area contributed by atoms with E-state index in [-0.39, 0.29) is 0 Å². The zero-order valence-electron chi connectivity index (χ0n) is 10.0. The van der Waals surface area contributed by atoms with E-state index in [4.69, 9.17) is 10.5 Å². The number of benzene rings is 2. The van der Waals surface area contributed by atoms with Crippen molar-refractivity contribution in [1.82, 2.24) is 0 Å². The van der Waals surface area contributed by atoms with Gasteiger partial charge in [-0.1, -0.05) is 30.3 Å². The van der Waals surface area contributed by atoms with Crippen LogP contribution < -0.4 is 10.5 Å². The van der Waals surface area contributed by atoms with Gasteiger partial charge in [-0.15, -0.1) is 0 Å². The van der Waals surface area contributed by atoms with Crippen LogP contribution in [0.3, 0.4) is 0 Å². The lowest BCUT2D eigenvalue weighted by molar-refractivity contribution is 0.476. The molecule has 0 aromatic heterocycles. The quantitative estimate of drug-likeness (QED) is 0.869. The fourth-order valence-corrected chi connectivity index (χ4v) is 1.77. The summed E-state index contributed by atoms with van der Waals surface area (Å²) in [5, 5.41) is 0. The minimum absolute atomic E-state index is 0.633. The molecule has 0 unspecified atom stereocenters. The SMILES string of the molecule is Cc1cccc(Oc2ccccc2CCN)c1. The van der Waals surface area contributed by atoms with E-state index in [2.05, 4.69) is 19.1 Å². The van der Waals surface area contributed by atoms with Gasteiger partial charge in [0.05, 0.1) is 0 Å². The van der Waals surface area contributed by atoms with Crippen LogP contribution in [-0.4, -0.2) is 6.54 Å².